The third kappa shape index (κ3) is 3.95. The van der Waals surface area contributed by atoms with Crippen LogP contribution in [0.4, 0.5) is 0 Å². The second-order valence-electron chi connectivity index (χ2n) is 2.89. The lowest BCUT2D eigenvalue weighted by atomic mass is 10.3. The molecule has 0 amide bonds. The van der Waals surface area contributed by atoms with E-state index < -0.39 is 0 Å². The molecule has 5 nitrogen and oxygen atoms in total. The van der Waals surface area contributed by atoms with Crippen LogP contribution in [0.25, 0.3) is 6.08 Å². The predicted octanol–water partition coefficient (Wildman–Crippen LogP) is 0.716. The molecular weight excluding hydrogens is 196 g/mol. The Morgan fingerprint density at radius 3 is 3.07 bits per heavy atom. The number of nitrogens with zero attached hydrogens (tertiary/aromatic N) is 2. The topological polar surface area (TPSA) is 53.4 Å². The molecule has 0 aliphatic carbocycles. The molecule has 0 fully saturated rings. The number of methoxy groups -OCH3 is 2. The van der Waals surface area contributed by atoms with Gasteiger partial charge in [-0.15, -0.1) is 0 Å². The second-order valence-corrected chi connectivity index (χ2v) is 2.89. The van der Waals surface area contributed by atoms with E-state index in [1.165, 1.54) is 13.2 Å². The van der Waals surface area contributed by atoms with Crippen molar-refractivity contribution in [2.45, 2.75) is 6.54 Å². The number of aromatic nitrogens is 2. The Morgan fingerprint density at radius 2 is 2.40 bits per heavy atom. The molecule has 1 aromatic rings. The molecular formula is C10H14N2O3. The fourth-order valence-electron chi connectivity index (χ4n) is 1.01. The maximum absolute atomic E-state index is 10.8. The van der Waals surface area contributed by atoms with Crippen LogP contribution >= 0.6 is 0 Å². The van der Waals surface area contributed by atoms with Gasteiger partial charge in [-0.05, 0) is 6.08 Å². The van der Waals surface area contributed by atoms with E-state index in [0.29, 0.717) is 13.2 Å². The first-order valence-corrected chi connectivity index (χ1v) is 4.53. The zero-order chi connectivity index (χ0) is 11.1. The highest BCUT2D eigenvalue weighted by molar-refractivity contribution is 5.86. The zero-order valence-electron chi connectivity index (χ0n) is 8.84. The third-order valence-electron chi connectivity index (χ3n) is 1.79. The Labute approximate surface area is 88.3 Å². The van der Waals surface area contributed by atoms with Gasteiger partial charge in [0.2, 0.25) is 0 Å². The molecule has 0 saturated heterocycles. The van der Waals surface area contributed by atoms with Crippen molar-refractivity contribution >= 4 is 12.0 Å². The largest absolute Gasteiger partial charge is 0.466 e. The molecule has 0 atom stereocenters. The van der Waals surface area contributed by atoms with Gasteiger partial charge in [0.1, 0.15) is 0 Å². The van der Waals surface area contributed by atoms with Crippen LogP contribution in [0.1, 0.15) is 5.56 Å². The van der Waals surface area contributed by atoms with Gasteiger partial charge < -0.3 is 9.47 Å². The van der Waals surface area contributed by atoms with Gasteiger partial charge in [0.05, 0.1) is 26.5 Å². The third-order valence-corrected chi connectivity index (χ3v) is 1.79. The van der Waals surface area contributed by atoms with Crippen molar-refractivity contribution in [1.82, 2.24) is 9.78 Å². The molecule has 15 heavy (non-hydrogen) atoms. The van der Waals surface area contributed by atoms with Gasteiger partial charge in [-0.1, -0.05) is 0 Å². The number of hydrogen-bond donors (Lipinski definition) is 0. The van der Waals surface area contributed by atoms with E-state index in [4.69, 9.17) is 4.74 Å². The fourth-order valence-corrected chi connectivity index (χ4v) is 1.01. The zero-order valence-corrected chi connectivity index (χ0v) is 8.84. The lowest BCUT2D eigenvalue weighted by molar-refractivity contribution is -0.134. The molecule has 0 aromatic carbocycles. The quantitative estimate of drug-likeness (QED) is 0.530. The standard InChI is InChI=1S/C10H14N2O3/c1-14-6-5-12-8-9(7-11-12)3-4-10(13)15-2/h3-4,7-8H,5-6H2,1-2H3. The highest BCUT2D eigenvalue weighted by Gasteiger charge is 1.96. The smallest absolute Gasteiger partial charge is 0.330 e. The van der Waals surface area contributed by atoms with E-state index >= 15 is 0 Å². The Bertz CT molecular complexity index is 344. The van der Waals surface area contributed by atoms with Crippen molar-refractivity contribution in [1.29, 1.82) is 0 Å². The molecule has 0 radical (unpaired) electrons. The van der Waals surface area contributed by atoms with Crippen LogP contribution in [0.15, 0.2) is 18.5 Å². The van der Waals surface area contributed by atoms with E-state index in [-0.39, 0.29) is 5.97 Å². The van der Waals surface area contributed by atoms with Crippen LogP contribution in [-0.2, 0) is 20.8 Å². The van der Waals surface area contributed by atoms with Crippen LogP contribution < -0.4 is 0 Å². The molecule has 0 aliphatic heterocycles. The predicted molar refractivity (Wildman–Crippen MR) is 55.2 cm³/mol. The summed E-state index contributed by atoms with van der Waals surface area (Å²) in [6.45, 7) is 1.31. The summed E-state index contributed by atoms with van der Waals surface area (Å²) in [5, 5.41) is 4.09. The van der Waals surface area contributed by atoms with Crippen molar-refractivity contribution in [3.05, 3.63) is 24.0 Å². The first-order valence-electron chi connectivity index (χ1n) is 4.53. The van der Waals surface area contributed by atoms with E-state index in [1.54, 1.807) is 24.1 Å². The summed E-state index contributed by atoms with van der Waals surface area (Å²) in [4.78, 5) is 10.8. The summed E-state index contributed by atoms with van der Waals surface area (Å²) in [6.07, 6.45) is 6.52. The van der Waals surface area contributed by atoms with Crippen LogP contribution in [0, 0.1) is 0 Å². The Hall–Kier alpha value is -1.62. The van der Waals surface area contributed by atoms with E-state index in [2.05, 4.69) is 9.84 Å². The molecule has 82 valence electrons. The molecule has 0 saturated carbocycles. The lowest BCUT2D eigenvalue weighted by Gasteiger charge is -1.97. The first-order chi connectivity index (χ1) is 7.26. The lowest BCUT2D eigenvalue weighted by Crippen LogP contribution is -2.03. The number of ether oxygens (including phenoxy) is 2. The van der Waals surface area contributed by atoms with E-state index in [1.807, 2.05) is 6.20 Å². The average Bonchev–Trinajstić information content (AvgIpc) is 2.71. The minimum Gasteiger partial charge on any atom is -0.466 e. The van der Waals surface area contributed by atoms with Crippen LogP contribution in [0.2, 0.25) is 0 Å². The molecule has 0 bridgehead atoms. The van der Waals surface area contributed by atoms with Gasteiger partial charge in [0.25, 0.3) is 0 Å². The SMILES string of the molecule is COCCn1cc(C=CC(=O)OC)cn1. The van der Waals surface area contributed by atoms with Crippen molar-refractivity contribution in [3.8, 4) is 0 Å². The molecule has 5 heteroatoms. The average molecular weight is 210 g/mol. The maximum atomic E-state index is 10.8. The number of carbonyl (C=O) groups excluding carboxylic acids is 1. The Kier molecular flexibility index (Phi) is 4.56. The minimum atomic E-state index is -0.375. The van der Waals surface area contributed by atoms with Crippen molar-refractivity contribution < 1.29 is 14.3 Å². The van der Waals surface area contributed by atoms with Gasteiger partial charge in [-0.2, -0.15) is 5.10 Å². The summed E-state index contributed by atoms with van der Waals surface area (Å²) in [5.74, 6) is -0.375. The molecule has 1 heterocycles. The summed E-state index contributed by atoms with van der Waals surface area (Å²) >= 11 is 0. The molecule has 1 rings (SSSR count). The fraction of sp³-hybridized carbons (Fsp3) is 0.400. The highest BCUT2D eigenvalue weighted by Crippen LogP contribution is 2.00. The maximum Gasteiger partial charge on any atom is 0.330 e. The number of hydrogen-bond acceptors (Lipinski definition) is 4. The molecule has 0 N–H and O–H groups in total. The number of carbonyl (C=O) groups is 1. The Balaban J connectivity index is 2.52. The molecule has 0 spiro atoms. The van der Waals surface area contributed by atoms with Crippen LogP contribution in [-0.4, -0.2) is 36.6 Å². The summed E-state index contributed by atoms with van der Waals surface area (Å²) in [6, 6.07) is 0. The van der Waals surface area contributed by atoms with E-state index in [0.717, 1.165) is 5.56 Å². The molecule has 0 unspecified atom stereocenters. The van der Waals surface area contributed by atoms with Crippen molar-refractivity contribution in [2.24, 2.45) is 0 Å². The Morgan fingerprint density at radius 1 is 1.60 bits per heavy atom. The second kappa shape index (κ2) is 5.98. The summed E-state index contributed by atoms with van der Waals surface area (Å²) < 4.78 is 11.1. The van der Waals surface area contributed by atoms with Crippen molar-refractivity contribution in [3.63, 3.8) is 0 Å². The minimum absolute atomic E-state index is 0.375. The van der Waals surface area contributed by atoms with Gasteiger partial charge in [0.15, 0.2) is 0 Å². The number of esters is 1. The van der Waals surface area contributed by atoms with Gasteiger partial charge in [-0.25, -0.2) is 4.79 Å². The normalized spacial score (nSPS) is 10.8. The monoisotopic (exact) mass is 210 g/mol. The highest BCUT2D eigenvalue weighted by atomic mass is 16.5. The van der Waals surface area contributed by atoms with Crippen LogP contribution in [0.3, 0.4) is 0 Å². The molecule has 1 aromatic heterocycles. The first kappa shape index (κ1) is 11.5. The summed E-state index contributed by atoms with van der Waals surface area (Å²) in [7, 11) is 2.98. The van der Waals surface area contributed by atoms with Gasteiger partial charge >= 0.3 is 5.97 Å². The van der Waals surface area contributed by atoms with Crippen LogP contribution in [0.5, 0.6) is 0 Å². The van der Waals surface area contributed by atoms with Crippen molar-refractivity contribution in [2.75, 3.05) is 20.8 Å². The van der Waals surface area contributed by atoms with E-state index in [9.17, 15) is 4.79 Å². The summed E-state index contributed by atoms with van der Waals surface area (Å²) in [5.41, 5.74) is 0.858. The van der Waals surface area contributed by atoms with Gasteiger partial charge in [-0.3, -0.25) is 4.68 Å². The molecule has 0 aliphatic rings. The van der Waals surface area contributed by atoms with Gasteiger partial charge in [0, 0.05) is 24.9 Å². The number of rotatable bonds is 5.